The summed E-state index contributed by atoms with van der Waals surface area (Å²) in [6, 6.07) is 9.22. The van der Waals surface area contributed by atoms with E-state index in [-0.39, 0.29) is 36.1 Å². The van der Waals surface area contributed by atoms with Gasteiger partial charge >= 0.3 is 0 Å². The van der Waals surface area contributed by atoms with Crippen LogP contribution in [0.1, 0.15) is 29.6 Å². The van der Waals surface area contributed by atoms with Gasteiger partial charge in [-0.05, 0) is 25.0 Å². The van der Waals surface area contributed by atoms with Crippen LogP contribution in [0.4, 0.5) is 0 Å². The summed E-state index contributed by atoms with van der Waals surface area (Å²) in [6.07, 6.45) is 1.75. The minimum Gasteiger partial charge on any atom is -0.383 e. The third kappa shape index (κ3) is 4.86. The molecule has 3 rings (SSSR count). The highest BCUT2D eigenvalue weighted by atomic mass is 16.5. The summed E-state index contributed by atoms with van der Waals surface area (Å²) in [5, 5.41) is 3.05. The van der Waals surface area contributed by atoms with E-state index in [1.165, 1.54) is 0 Å². The van der Waals surface area contributed by atoms with Gasteiger partial charge in [-0.25, -0.2) is 0 Å². The van der Waals surface area contributed by atoms with Gasteiger partial charge in [0.1, 0.15) is 0 Å². The second kappa shape index (κ2) is 8.99. The second-order valence-corrected chi connectivity index (χ2v) is 7.17. The lowest BCUT2D eigenvalue weighted by Gasteiger charge is -2.33. The van der Waals surface area contributed by atoms with Crippen molar-refractivity contribution in [2.24, 2.45) is 5.92 Å². The normalized spacial score (nSPS) is 20.8. The van der Waals surface area contributed by atoms with Gasteiger partial charge in [0.15, 0.2) is 0 Å². The van der Waals surface area contributed by atoms with Gasteiger partial charge in [0, 0.05) is 51.3 Å². The van der Waals surface area contributed by atoms with Crippen molar-refractivity contribution in [2.75, 3.05) is 39.9 Å². The van der Waals surface area contributed by atoms with Crippen LogP contribution in [0, 0.1) is 5.92 Å². The molecule has 2 saturated heterocycles. The summed E-state index contributed by atoms with van der Waals surface area (Å²) in [7, 11) is 1.60. The molecule has 2 fully saturated rings. The molecule has 0 bridgehead atoms. The number of ether oxygens (including phenoxy) is 1. The summed E-state index contributed by atoms with van der Waals surface area (Å²) >= 11 is 0. The molecule has 1 aromatic rings. The second-order valence-electron chi connectivity index (χ2n) is 7.17. The highest BCUT2D eigenvalue weighted by Crippen LogP contribution is 2.22. The van der Waals surface area contributed by atoms with Crippen LogP contribution in [-0.2, 0) is 14.3 Å². The van der Waals surface area contributed by atoms with Crippen LogP contribution in [0.5, 0.6) is 0 Å². The maximum atomic E-state index is 12.7. The van der Waals surface area contributed by atoms with Crippen LogP contribution >= 0.6 is 0 Å². The number of carbonyl (C=O) groups is 3. The van der Waals surface area contributed by atoms with Gasteiger partial charge in [-0.1, -0.05) is 18.2 Å². The number of nitrogens with one attached hydrogen (secondary N) is 1. The molecule has 0 unspecified atom stereocenters. The summed E-state index contributed by atoms with van der Waals surface area (Å²) in [5.74, 6) is -0.258. The zero-order valence-corrected chi connectivity index (χ0v) is 15.7. The van der Waals surface area contributed by atoms with E-state index >= 15 is 0 Å². The molecule has 7 heteroatoms. The minimum atomic E-state index is -0.259. The maximum Gasteiger partial charge on any atom is 0.251 e. The summed E-state index contributed by atoms with van der Waals surface area (Å²) in [4.78, 5) is 40.6. The fourth-order valence-electron chi connectivity index (χ4n) is 3.72. The van der Waals surface area contributed by atoms with E-state index in [0.29, 0.717) is 38.3 Å². The lowest BCUT2D eigenvalue weighted by Crippen LogP contribution is -2.48. The van der Waals surface area contributed by atoms with Crippen molar-refractivity contribution in [3.63, 3.8) is 0 Å². The number of carbonyl (C=O) groups excluding carboxylic acids is 3. The Morgan fingerprint density at radius 3 is 2.56 bits per heavy atom. The quantitative estimate of drug-likeness (QED) is 0.804. The number of hydrogen-bond donors (Lipinski definition) is 1. The fourth-order valence-corrected chi connectivity index (χ4v) is 3.72. The number of rotatable bonds is 6. The molecule has 7 nitrogen and oxygen atoms in total. The van der Waals surface area contributed by atoms with Gasteiger partial charge in [0.25, 0.3) is 5.91 Å². The number of piperidine rings is 1. The highest BCUT2D eigenvalue weighted by Gasteiger charge is 2.37. The summed E-state index contributed by atoms with van der Waals surface area (Å²) < 4.78 is 5.02. The molecule has 1 atom stereocenters. The van der Waals surface area contributed by atoms with Gasteiger partial charge in [-0.2, -0.15) is 0 Å². The van der Waals surface area contributed by atoms with Crippen molar-refractivity contribution < 1.29 is 19.1 Å². The van der Waals surface area contributed by atoms with Crippen molar-refractivity contribution in [1.29, 1.82) is 0 Å². The molecular formula is C20H27N3O4. The van der Waals surface area contributed by atoms with Gasteiger partial charge < -0.3 is 19.9 Å². The molecule has 0 aliphatic carbocycles. The Hall–Kier alpha value is -2.41. The van der Waals surface area contributed by atoms with E-state index in [9.17, 15) is 14.4 Å². The maximum absolute atomic E-state index is 12.7. The fraction of sp³-hybridized carbons (Fsp3) is 0.550. The largest absolute Gasteiger partial charge is 0.383 e. The molecular weight excluding hydrogens is 346 g/mol. The van der Waals surface area contributed by atoms with Crippen LogP contribution in [0.2, 0.25) is 0 Å². The van der Waals surface area contributed by atoms with Crippen LogP contribution in [0.15, 0.2) is 30.3 Å². The van der Waals surface area contributed by atoms with Crippen LogP contribution in [-0.4, -0.2) is 73.5 Å². The van der Waals surface area contributed by atoms with Gasteiger partial charge in [-0.15, -0.1) is 0 Å². The van der Waals surface area contributed by atoms with Gasteiger partial charge in [-0.3, -0.25) is 14.4 Å². The van der Waals surface area contributed by atoms with E-state index in [1.54, 1.807) is 24.1 Å². The van der Waals surface area contributed by atoms with E-state index < -0.39 is 0 Å². The van der Waals surface area contributed by atoms with E-state index in [0.717, 1.165) is 12.8 Å². The lowest BCUT2D eigenvalue weighted by atomic mass is 10.0. The molecule has 0 radical (unpaired) electrons. The number of amides is 3. The number of nitrogens with zero attached hydrogens (tertiary/aromatic N) is 2. The predicted molar refractivity (Wildman–Crippen MR) is 100 cm³/mol. The number of benzene rings is 1. The SMILES string of the molecule is COCCN1C[C@@H](C(=O)N2CCC(NC(=O)c3ccccc3)CC2)CC1=O. The van der Waals surface area contributed by atoms with E-state index in [1.807, 2.05) is 23.1 Å². The molecule has 0 saturated carbocycles. The van der Waals surface area contributed by atoms with Crippen LogP contribution < -0.4 is 5.32 Å². The molecule has 3 amide bonds. The van der Waals surface area contributed by atoms with Gasteiger partial charge in [0.2, 0.25) is 11.8 Å². The average Bonchev–Trinajstić information content (AvgIpc) is 3.07. The molecule has 2 aliphatic rings. The molecule has 0 spiro atoms. The molecule has 2 aliphatic heterocycles. The summed E-state index contributed by atoms with van der Waals surface area (Å²) in [5.41, 5.74) is 0.650. The number of likely N-dealkylation sites (tertiary alicyclic amines) is 2. The third-order valence-corrected chi connectivity index (χ3v) is 5.31. The van der Waals surface area contributed by atoms with Crippen molar-refractivity contribution in [1.82, 2.24) is 15.1 Å². The van der Waals surface area contributed by atoms with Crippen molar-refractivity contribution in [3.8, 4) is 0 Å². The topological polar surface area (TPSA) is 79.0 Å². The van der Waals surface area contributed by atoms with Crippen LogP contribution in [0.25, 0.3) is 0 Å². The minimum absolute atomic E-state index is 0.0235. The first kappa shape index (κ1) is 19.4. The van der Waals surface area contributed by atoms with E-state index in [2.05, 4.69) is 5.32 Å². The lowest BCUT2D eigenvalue weighted by molar-refractivity contribution is -0.136. The highest BCUT2D eigenvalue weighted by molar-refractivity contribution is 5.94. The molecule has 2 heterocycles. The molecule has 1 aromatic carbocycles. The smallest absolute Gasteiger partial charge is 0.251 e. The Morgan fingerprint density at radius 1 is 1.19 bits per heavy atom. The third-order valence-electron chi connectivity index (χ3n) is 5.31. The first-order valence-corrected chi connectivity index (χ1v) is 9.50. The predicted octanol–water partition coefficient (Wildman–Crippen LogP) is 0.902. The summed E-state index contributed by atoms with van der Waals surface area (Å²) in [6.45, 7) is 2.72. The zero-order chi connectivity index (χ0) is 19.2. The first-order valence-electron chi connectivity index (χ1n) is 9.50. The zero-order valence-electron chi connectivity index (χ0n) is 15.7. The van der Waals surface area contributed by atoms with Crippen molar-refractivity contribution >= 4 is 17.7 Å². The standard InChI is InChI=1S/C20H27N3O4/c1-27-12-11-23-14-16(13-18(23)24)20(26)22-9-7-17(8-10-22)21-19(25)15-5-3-2-4-6-15/h2-6,16-17H,7-14H2,1H3,(H,21,25)/t16-/m0/s1. The van der Waals surface area contributed by atoms with Crippen molar-refractivity contribution in [3.05, 3.63) is 35.9 Å². The van der Waals surface area contributed by atoms with E-state index in [4.69, 9.17) is 4.74 Å². The Labute approximate surface area is 159 Å². The van der Waals surface area contributed by atoms with Gasteiger partial charge in [0.05, 0.1) is 12.5 Å². The number of methoxy groups -OCH3 is 1. The average molecular weight is 373 g/mol. The van der Waals surface area contributed by atoms with Crippen molar-refractivity contribution in [2.45, 2.75) is 25.3 Å². The Balaban J connectivity index is 1.45. The Bertz CT molecular complexity index is 671. The molecule has 27 heavy (non-hydrogen) atoms. The number of hydrogen-bond acceptors (Lipinski definition) is 4. The Kier molecular flexibility index (Phi) is 6.45. The van der Waals surface area contributed by atoms with Crippen LogP contribution in [0.3, 0.4) is 0 Å². The Morgan fingerprint density at radius 2 is 1.89 bits per heavy atom. The monoisotopic (exact) mass is 373 g/mol. The first-order chi connectivity index (χ1) is 13.1. The molecule has 146 valence electrons. The molecule has 0 aromatic heterocycles. The molecule has 1 N–H and O–H groups in total.